The molecular formula is C62H41NS. The fraction of sp³-hybridized carbons (Fsp3) is 0. The number of rotatable bonds is 8. The highest BCUT2D eigenvalue weighted by molar-refractivity contribution is 7.25. The predicted octanol–water partition coefficient (Wildman–Crippen LogP) is 18.2. The Bertz CT molecular complexity index is 3650. The molecular weight excluding hydrogens is 791 g/mol. The van der Waals surface area contributed by atoms with Crippen molar-refractivity contribution < 1.29 is 0 Å². The molecule has 0 radical (unpaired) electrons. The van der Waals surface area contributed by atoms with Gasteiger partial charge in [0.15, 0.2) is 0 Å². The lowest BCUT2D eigenvalue weighted by molar-refractivity contribution is 1.28. The van der Waals surface area contributed by atoms with Gasteiger partial charge in [0.2, 0.25) is 0 Å². The Labute approximate surface area is 377 Å². The van der Waals surface area contributed by atoms with Crippen molar-refractivity contribution in [1.29, 1.82) is 0 Å². The topological polar surface area (TPSA) is 3.24 Å². The molecule has 12 rings (SSSR count). The Kier molecular flexibility index (Phi) is 9.43. The smallest absolute Gasteiger partial charge is 0.0546 e. The van der Waals surface area contributed by atoms with Crippen molar-refractivity contribution in [2.45, 2.75) is 0 Å². The third kappa shape index (κ3) is 6.91. The summed E-state index contributed by atoms with van der Waals surface area (Å²) < 4.78 is 2.64. The second kappa shape index (κ2) is 16.0. The molecule has 12 aromatic rings. The van der Waals surface area contributed by atoms with Gasteiger partial charge in [-0.05, 0) is 132 Å². The molecule has 1 aromatic heterocycles. The molecule has 0 spiro atoms. The summed E-state index contributed by atoms with van der Waals surface area (Å²) >= 11 is 1.86. The van der Waals surface area contributed by atoms with Crippen molar-refractivity contribution in [1.82, 2.24) is 0 Å². The summed E-state index contributed by atoms with van der Waals surface area (Å²) in [6.45, 7) is 0. The summed E-state index contributed by atoms with van der Waals surface area (Å²) in [6.07, 6.45) is 0. The van der Waals surface area contributed by atoms with Crippen LogP contribution in [0.3, 0.4) is 0 Å². The zero-order valence-electron chi connectivity index (χ0n) is 35.0. The average Bonchev–Trinajstić information content (AvgIpc) is 3.75. The average molecular weight is 832 g/mol. The van der Waals surface area contributed by atoms with E-state index in [9.17, 15) is 0 Å². The summed E-state index contributed by atoms with van der Waals surface area (Å²) in [5.74, 6) is 0. The summed E-state index contributed by atoms with van der Waals surface area (Å²) in [5.41, 5.74) is 15.2. The number of nitrogens with zero attached hydrogens (tertiary/aromatic N) is 1. The molecule has 0 fully saturated rings. The van der Waals surface area contributed by atoms with Gasteiger partial charge in [-0.15, -0.1) is 11.3 Å². The van der Waals surface area contributed by atoms with Gasteiger partial charge in [-0.1, -0.05) is 188 Å². The summed E-state index contributed by atoms with van der Waals surface area (Å²) in [6, 6.07) is 91.1. The molecule has 0 amide bonds. The molecule has 0 aliphatic heterocycles. The normalized spacial score (nSPS) is 11.4. The highest BCUT2D eigenvalue weighted by atomic mass is 32.1. The van der Waals surface area contributed by atoms with Crippen LogP contribution in [0.25, 0.3) is 97.4 Å². The zero-order chi connectivity index (χ0) is 42.4. The standard InChI is InChI=1S/C62H41NS/c1-2-13-46(14-3-1)57-36-30-52(56-22-11-17-45-15-6-7-20-55(45)56)41-60(57)63(54-34-28-44(29-35-54)51-31-37-62-59(40-51)58-21-8-9-23-61(58)64-62)53-32-26-43(27-33-53)48-18-10-19-49(38-48)50-25-24-42-12-4-5-16-47(42)39-50/h1-41H. The SMILES string of the molecule is c1ccc(-c2ccc(-c3cccc4ccccc34)cc2N(c2ccc(-c3cccc(-c4ccc5ccccc5c4)c3)cc2)c2ccc(-c3ccc4sc5ccccc5c4c3)cc2)cc1. The lowest BCUT2D eigenvalue weighted by Gasteiger charge is -2.29. The van der Waals surface area contributed by atoms with Crippen LogP contribution in [0.15, 0.2) is 249 Å². The maximum absolute atomic E-state index is 2.44. The second-order valence-corrected chi connectivity index (χ2v) is 17.6. The minimum absolute atomic E-state index is 1.08. The van der Waals surface area contributed by atoms with E-state index < -0.39 is 0 Å². The highest BCUT2D eigenvalue weighted by Gasteiger charge is 2.20. The minimum atomic E-state index is 1.08. The molecule has 0 unspecified atom stereocenters. The van der Waals surface area contributed by atoms with Crippen LogP contribution in [0.5, 0.6) is 0 Å². The lowest BCUT2D eigenvalue weighted by atomic mass is 9.94. The number of hydrogen-bond donors (Lipinski definition) is 0. The van der Waals surface area contributed by atoms with Crippen molar-refractivity contribution in [2.24, 2.45) is 0 Å². The minimum Gasteiger partial charge on any atom is -0.310 e. The van der Waals surface area contributed by atoms with Crippen molar-refractivity contribution in [3.8, 4) is 55.6 Å². The van der Waals surface area contributed by atoms with Gasteiger partial charge in [-0.2, -0.15) is 0 Å². The number of anilines is 3. The van der Waals surface area contributed by atoms with Crippen molar-refractivity contribution in [3.05, 3.63) is 249 Å². The van der Waals surface area contributed by atoms with E-state index in [4.69, 9.17) is 0 Å². The molecule has 300 valence electrons. The molecule has 2 heteroatoms. The van der Waals surface area contributed by atoms with Gasteiger partial charge < -0.3 is 4.90 Å². The van der Waals surface area contributed by atoms with Gasteiger partial charge in [-0.3, -0.25) is 0 Å². The maximum atomic E-state index is 2.44. The fourth-order valence-electron chi connectivity index (χ4n) is 9.41. The Balaban J connectivity index is 0.993. The molecule has 1 heterocycles. The van der Waals surface area contributed by atoms with Gasteiger partial charge in [0, 0.05) is 37.1 Å². The maximum Gasteiger partial charge on any atom is 0.0546 e. The van der Waals surface area contributed by atoms with Gasteiger partial charge in [0.1, 0.15) is 0 Å². The molecule has 0 saturated carbocycles. The lowest BCUT2D eigenvalue weighted by Crippen LogP contribution is -2.11. The van der Waals surface area contributed by atoms with E-state index in [1.807, 2.05) is 11.3 Å². The van der Waals surface area contributed by atoms with E-state index in [0.29, 0.717) is 0 Å². The summed E-state index contributed by atoms with van der Waals surface area (Å²) in [5, 5.41) is 7.60. The molecule has 0 aliphatic carbocycles. The Morgan fingerprint density at radius 3 is 1.56 bits per heavy atom. The first kappa shape index (κ1) is 37.7. The molecule has 64 heavy (non-hydrogen) atoms. The molecule has 11 aromatic carbocycles. The predicted molar refractivity (Wildman–Crippen MR) is 276 cm³/mol. The second-order valence-electron chi connectivity index (χ2n) is 16.5. The quantitative estimate of drug-likeness (QED) is 0.147. The van der Waals surface area contributed by atoms with Crippen molar-refractivity contribution in [3.63, 3.8) is 0 Å². The number of hydrogen-bond acceptors (Lipinski definition) is 2. The zero-order valence-corrected chi connectivity index (χ0v) is 35.8. The summed E-state index contributed by atoms with van der Waals surface area (Å²) in [4.78, 5) is 2.44. The first-order valence-corrected chi connectivity index (χ1v) is 22.7. The van der Waals surface area contributed by atoms with Gasteiger partial charge in [-0.25, -0.2) is 0 Å². The first-order valence-electron chi connectivity index (χ1n) is 21.9. The van der Waals surface area contributed by atoms with Crippen LogP contribution in [0.1, 0.15) is 0 Å². The van der Waals surface area contributed by atoms with Crippen LogP contribution in [-0.4, -0.2) is 0 Å². The largest absolute Gasteiger partial charge is 0.310 e. The fourth-order valence-corrected chi connectivity index (χ4v) is 10.5. The Morgan fingerprint density at radius 2 is 0.781 bits per heavy atom. The molecule has 0 bridgehead atoms. The summed E-state index contributed by atoms with van der Waals surface area (Å²) in [7, 11) is 0. The van der Waals surface area contributed by atoms with E-state index in [2.05, 4.69) is 254 Å². The highest BCUT2D eigenvalue weighted by Crippen LogP contribution is 2.45. The van der Waals surface area contributed by atoms with Crippen molar-refractivity contribution >= 4 is 70.1 Å². The van der Waals surface area contributed by atoms with Crippen LogP contribution in [0, 0.1) is 0 Å². The molecule has 1 nitrogen and oxygen atoms in total. The van der Waals surface area contributed by atoms with E-state index >= 15 is 0 Å². The number of fused-ring (bicyclic) bond motifs is 5. The van der Waals surface area contributed by atoms with Crippen LogP contribution >= 0.6 is 11.3 Å². The van der Waals surface area contributed by atoms with Gasteiger partial charge in [0.05, 0.1) is 5.69 Å². The van der Waals surface area contributed by atoms with Crippen LogP contribution in [0.2, 0.25) is 0 Å². The van der Waals surface area contributed by atoms with Crippen LogP contribution < -0.4 is 4.90 Å². The van der Waals surface area contributed by atoms with Crippen molar-refractivity contribution in [2.75, 3.05) is 4.90 Å². The van der Waals surface area contributed by atoms with Gasteiger partial charge >= 0.3 is 0 Å². The van der Waals surface area contributed by atoms with Crippen LogP contribution in [0.4, 0.5) is 17.1 Å². The first-order chi connectivity index (χ1) is 31.7. The number of thiophene rings is 1. The Morgan fingerprint density at radius 1 is 0.250 bits per heavy atom. The van der Waals surface area contributed by atoms with E-state index in [0.717, 1.165) is 22.6 Å². The van der Waals surface area contributed by atoms with E-state index in [1.54, 1.807) is 0 Å². The monoisotopic (exact) mass is 831 g/mol. The van der Waals surface area contributed by atoms with Crippen LogP contribution in [-0.2, 0) is 0 Å². The molecule has 0 atom stereocenters. The molecule has 0 saturated heterocycles. The third-order valence-electron chi connectivity index (χ3n) is 12.7. The molecule has 0 N–H and O–H groups in total. The van der Waals surface area contributed by atoms with Gasteiger partial charge in [0.25, 0.3) is 0 Å². The van der Waals surface area contributed by atoms with E-state index in [1.165, 1.54) is 91.8 Å². The third-order valence-corrected chi connectivity index (χ3v) is 13.8. The number of benzene rings is 11. The molecule has 0 aliphatic rings. The van der Waals surface area contributed by atoms with E-state index in [-0.39, 0.29) is 0 Å². The Hall–Kier alpha value is -8.04.